The summed E-state index contributed by atoms with van der Waals surface area (Å²) in [7, 11) is 0. The average Bonchev–Trinajstić information content (AvgIpc) is 2.90. The lowest BCUT2D eigenvalue weighted by molar-refractivity contribution is 0.102. The van der Waals surface area contributed by atoms with E-state index < -0.39 is 0 Å². The Kier molecular flexibility index (Phi) is 4.78. The maximum Gasteiger partial charge on any atom is 0.211 e. The molecule has 0 spiro atoms. The van der Waals surface area contributed by atoms with Gasteiger partial charge in [-0.25, -0.2) is 0 Å². The van der Waals surface area contributed by atoms with Crippen LogP contribution in [0.15, 0.2) is 30.3 Å². The molecule has 2 aromatic rings. The third kappa shape index (κ3) is 3.51. The molecule has 0 fully saturated rings. The fraction of sp³-hybridized carbons (Fsp3) is 0.412. The van der Waals surface area contributed by atoms with Gasteiger partial charge in [-0.1, -0.05) is 6.92 Å². The monoisotopic (exact) mass is 286 g/mol. The molecule has 0 saturated carbocycles. The van der Waals surface area contributed by atoms with Gasteiger partial charge in [-0.15, -0.1) is 0 Å². The molecule has 0 unspecified atom stereocenters. The Morgan fingerprint density at radius 3 is 2.43 bits per heavy atom. The summed E-state index contributed by atoms with van der Waals surface area (Å²) < 4.78 is 7.36. The van der Waals surface area contributed by atoms with E-state index in [1.807, 2.05) is 45.9 Å². The number of nitrogens with zero attached hydrogens (tertiary/aromatic N) is 2. The second kappa shape index (κ2) is 6.57. The maximum atomic E-state index is 12.6. The normalized spacial score (nSPS) is 10.9. The number of carbonyl (C=O) groups is 1. The predicted octanol–water partition coefficient (Wildman–Crippen LogP) is 3.48. The lowest BCUT2D eigenvalue weighted by Crippen LogP contribution is -2.11. The highest BCUT2D eigenvalue weighted by Crippen LogP contribution is 2.17. The molecule has 4 heteroatoms. The minimum Gasteiger partial charge on any atom is -0.491 e. The minimum atomic E-state index is 0.000136. The van der Waals surface area contributed by atoms with Crippen molar-refractivity contribution in [2.75, 3.05) is 0 Å². The number of aromatic nitrogens is 2. The van der Waals surface area contributed by atoms with Crippen molar-refractivity contribution in [3.05, 3.63) is 47.3 Å². The summed E-state index contributed by atoms with van der Waals surface area (Å²) in [6.07, 6.45) is 0.953. The van der Waals surface area contributed by atoms with Crippen molar-refractivity contribution in [3.63, 3.8) is 0 Å². The highest BCUT2D eigenvalue weighted by Gasteiger charge is 2.16. The summed E-state index contributed by atoms with van der Waals surface area (Å²) in [5.41, 5.74) is 2.25. The van der Waals surface area contributed by atoms with Crippen molar-refractivity contribution < 1.29 is 9.53 Å². The van der Waals surface area contributed by atoms with E-state index in [2.05, 4.69) is 5.10 Å². The first-order valence-electron chi connectivity index (χ1n) is 7.43. The number of rotatable bonds is 6. The summed E-state index contributed by atoms with van der Waals surface area (Å²) in [5, 5.41) is 4.42. The number of carbonyl (C=O) groups excluding carboxylic acids is 1. The van der Waals surface area contributed by atoms with Crippen LogP contribution < -0.4 is 4.74 Å². The van der Waals surface area contributed by atoms with E-state index in [9.17, 15) is 4.79 Å². The van der Waals surface area contributed by atoms with Gasteiger partial charge in [-0.3, -0.25) is 9.48 Å². The fourth-order valence-corrected chi connectivity index (χ4v) is 2.17. The molecule has 0 bridgehead atoms. The van der Waals surface area contributed by atoms with Gasteiger partial charge in [0.05, 0.1) is 11.8 Å². The number of hydrogen-bond donors (Lipinski definition) is 0. The lowest BCUT2D eigenvalue weighted by Gasteiger charge is -2.10. The van der Waals surface area contributed by atoms with Crippen molar-refractivity contribution in [2.24, 2.45) is 0 Å². The molecule has 0 amide bonds. The fourth-order valence-electron chi connectivity index (χ4n) is 2.17. The van der Waals surface area contributed by atoms with Gasteiger partial charge in [0.25, 0.3) is 0 Å². The van der Waals surface area contributed by atoms with Crippen LogP contribution in [0.3, 0.4) is 0 Å². The molecule has 0 aliphatic rings. The molecular weight excluding hydrogens is 264 g/mol. The maximum absolute atomic E-state index is 12.6. The zero-order valence-electron chi connectivity index (χ0n) is 13.1. The summed E-state index contributed by atoms with van der Waals surface area (Å²) >= 11 is 0. The number of ether oxygens (including phenoxy) is 1. The van der Waals surface area contributed by atoms with E-state index in [1.54, 1.807) is 16.8 Å². The molecule has 1 aromatic carbocycles. The first-order valence-corrected chi connectivity index (χ1v) is 7.43. The van der Waals surface area contributed by atoms with Gasteiger partial charge < -0.3 is 4.74 Å². The predicted molar refractivity (Wildman–Crippen MR) is 82.9 cm³/mol. The number of hydrogen-bond acceptors (Lipinski definition) is 3. The molecule has 1 aromatic heterocycles. The van der Waals surface area contributed by atoms with Crippen LogP contribution in [0, 0.1) is 0 Å². The van der Waals surface area contributed by atoms with E-state index in [0.717, 1.165) is 17.9 Å². The van der Waals surface area contributed by atoms with Crippen LogP contribution in [0.1, 0.15) is 49.4 Å². The van der Waals surface area contributed by atoms with E-state index in [4.69, 9.17) is 4.74 Å². The van der Waals surface area contributed by atoms with E-state index in [1.165, 1.54) is 0 Å². The Hall–Kier alpha value is -2.10. The molecule has 4 nitrogen and oxygen atoms in total. The molecule has 0 radical (unpaired) electrons. The van der Waals surface area contributed by atoms with Crippen LogP contribution in [-0.4, -0.2) is 21.7 Å². The molecule has 0 N–H and O–H groups in total. The van der Waals surface area contributed by atoms with Crippen molar-refractivity contribution in [3.8, 4) is 5.75 Å². The molecule has 0 atom stereocenters. The number of benzene rings is 1. The zero-order valence-corrected chi connectivity index (χ0v) is 13.1. The van der Waals surface area contributed by atoms with Crippen LogP contribution in [0.25, 0.3) is 0 Å². The van der Waals surface area contributed by atoms with Crippen molar-refractivity contribution in [1.29, 1.82) is 0 Å². The molecule has 0 saturated heterocycles. The second-order valence-corrected chi connectivity index (χ2v) is 5.21. The quantitative estimate of drug-likeness (QED) is 0.764. The smallest absolute Gasteiger partial charge is 0.211 e. The zero-order chi connectivity index (χ0) is 15.4. The minimum absolute atomic E-state index is 0.000136. The summed E-state index contributed by atoms with van der Waals surface area (Å²) in [5.74, 6) is 0.778. The average molecular weight is 286 g/mol. The van der Waals surface area contributed by atoms with Crippen molar-refractivity contribution >= 4 is 5.78 Å². The van der Waals surface area contributed by atoms with Gasteiger partial charge in [0.2, 0.25) is 5.78 Å². The van der Waals surface area contributed by atoms with Gasteiger partial charge in [0, 0.05) is 12.1 Å². The molecule has 0 aliphatic heterocycles. The van der Waals surface area contributed by atoms with E-state index in [-0.39, 0.29) is 11.9 Å². The first-order chi connectivity index (χ1) is 10.0. The molecular formula is C17H22N2O2. The van der Waals surface area contributed by atoms with Gasteiger partial charge in [-0.2, -0.15) is 5.10 Å². The standard InChI is InChI=1S/C17H22N2O2/c1-5-14-11-16(19(6-2)18-14)17(20)13-7-9-15(10-8-13)21-12(3)4/h7-12H,5-6H2,1-4H3. The van der Waals surface area contributed by atoms with Gasteiger partial charge >= 0.3 is 0 Å². The lowest BCUT2D eigenvalue weighted by atomic mass is 10.1. The number of ketones is 1. The summed E-state index contributed by atoms with van der Waals surface area (Å²) in [6.45, 7) is 8.67. The van der Waals surface area contributed by atoms with Gasteiger partial charge in [0.1, 0.15) is 11.4 Å². The highest BCUT2D eigenvalue weighted by atomic mass is 16.5. The Labute approximate surface area is 125 Å². The Balaban J connectivity index is 2.25. The van der Waals surface area contributed by atoms with Crippen LogP contribution in [0.2, 0.25) is 0 Å². The summed E-state index contributed by atoms with van der Waals surface area (Å²) in [6, 6.07) is 9.16. The molecule has 2 rings (SSSR count). The first kappa shape index (κ1) is 15.3. The Morgan fingerprint density at radius 2 is 1.90 bits per heavy atom. The summed E-state index contributed by atoms with van der Waals surface area (Å²) in [4.78, 5) is 12.6. The van der Waals surface area contributed by atoms with Crippen molar-refractivity contribution in [2.45, 2.75) is 46.8 Å². The third-order valence-corrected chi connectivity index (χ3v) is 3.21. The number of aryl methyl sites for hydroxylation is 2. The topological polar surface area (TPSA) is 44.1 Å². The van der Waals surface area contributed by atoms with Crippen LogP contribution in [-0.2, 0) is 13.0 Å². The van der Waals surface area contributed by atoms with Gasteiger partial charge in [-0.05, 0) is 57.5 Å². The molecule has 1 heterocycles. The Morgan fingerprint density at radius 1 is 1.24 bits per heavy atom. The molecule has 112 valence electrons. The van der Waals surface area contributed by atoms with E-state index >= 15 is 0 Å². The Bertz CT molecular complexity index is 612. The third-order valence-electron chi connectivity index (χ3n) is 3.21. The SMILES string of the molecule is CCc1cc(C(=O)c2ccc(OC(C)C)cc2)n(CC)n1. The van der Waals surface area contributed by atoms with Crippen LogP contribution >= 0.6 is 0 Å². The van der Waals surface area contributed by atoms with Crippen LogP contribution in [0.5, 0.6) is 5.75 Å². The highest BCUT2D eigenvalue weighted by molar-refractivity contribution is 6.08. The van der Waals surface area contributed by atoms with Gasteiger partial charge in [0.15, 0.2) is 0 Å². The largest absolute Gasteiger partial charge is 0.491 e. The van der Waals surface area contributed by atoms with Crippen molar-refractivity contribution in [1.82, 2.24) is 9.78 Å². The van der Waals surface area contributed by atoms with E-state index in [0.29, 0.717) is 17.8 Å². The second-order valence-electron chi connectivity index (χ2n) is 5.21. The molecule has 0 aliphatic carbocycles. The van der Waals surface area contributed by atoms with Crippen LogP contribution in [0.4, 0.5) is 0 Å². The molecule has 21 heavy (non-hydrogen) atoms.